The van der Waals surface area contributed by atoms with Gasteiger partial charge in [0.1, 0.15) is 12.4 Å². The Kier molecular flexibility index (Phi) is 6.77. The number of fused-ring (bicyclic) bond motifs is 2. The largest absolute Gasteiger partial charge is 0.489 e. The van der Waals surface area contributed by atoms with Crippen LogP contribution in [0.2, 0.25) is 0 Å². The Bertz CT molecular complexity index is 1330. The SMILES string of the molecule is O=C1/C(=C/c2cccn2Cc2ccc(OCc3ccccc3)cc2)CC[C@@H]2[C@H]3CCCN4CCC[C@H](CN12)[C@@H]34. The van der Waals surface area contributed by atoms with Crippen LogP contribution in [0.5, 0.6) is 5.75 Å². The molecule has 4 atom stereocenters. The van der Waals surface area contributed by atoms with Crippen molar-refractivity contribution >= 4 is 12.0 Å². The van der Waals surface area contributed by atoms with Gasteiger partial charge in [0.2, 0.25) is 5.91 Å². The van der Waals surface area contributed by atoms with Crippen molar-refractivity contribution in [1.29, 1.82) is 0 Å². The number of hydrogen-bond donors (Lipinski definition) is 0. The summed E-state index contributed by atoms with van der Waals surface area (Å²) in [4.78, 5) is 18.9. The molecular formula is C34H39N3O2. The number of benzene rings is 2. The van der Waals surface area contributed by atoms with Gasteiger partial charge in [-0.1, -0.05) is 42.5 Å². The second-order valence-electron chi connectivity index (χ2n) is 11.9. The number of hydrogen-bond acceptors (Lipinski definition) is 3. The molecular weight excluding hydrogens is 482 g/mol. The van der Waals surface area contributed by atoms with E-state index in [2.05, 4.69) is 63.0 Å². The fraction of sp³-hybridized carbons (Fsp3) is 0.441. The fourth-order valence-corrected chi connectivity index (χ4v) is 7.84. The lowest BCUT2D eigenvalue weighted by Crippen LogP contribution is -2.66. The Labute approximate surface area is 232 Å². The average Bonchev–Trinajstić information content (AvgIpc) is 3.41. The molecule has 7 rings (SSSR count). The number of piperidine rings is 4. The molecule has 5 nitrogen and oxygen atoms in total. The number of ether oxygens (including phenoxy) is 1. The molecule has 0 bridgehead atoms. The van der Waals surface area contributed by atoms with E-state index in [1.54, 1.807) is 0 Å². The highest BCUT2D eigenvalue weighted by atomic mass is 16.5. The third-order valence-corrected chi connectivity index (χ3v) is 9.63. The van der Waals surface area contributed by atoms with E-state index in [0.29, 0.717) is 30.4 Å². The van der Waals surface area contributed by atoms with Crippen molar-refractivity contribution in [2.45, 2.75) is 63.8 Å². The molecule has 1 aromatic heterocycles. The van der Waals surface area contributed by atoms with Gasteiger partial charge < -0.3 is 14.2 Å². The Morgan fingerprint density at radius 1 is 0.872 bits per heavy atom. The maximum atomic E-state index is 13.8. The second kappa shape index (κ2) is 10.7. The molecule has 202 valence electrons. The predicted molar refractivity (Wildman–Crippen MR) is 154 cm³/mol. The van der Waals surface area contributed by atoms with E-state index in [1.165, 1.54) is 49.9 Å². The standard InChI is InChI=1S/C34H39N3O2/c38-34-27(14-17-32-31-11-6-19-35-18-4-9-28(33(31)35)23-37(32)34)21-29-10-5-20-36(29)22-25-12-15-30(16-13-25)39-24-26-7-2-1-3-8-26/h1-3,5,7-8,10,12-13,15-16,20-21,28,31-33H,4,6,9,11,14,17-19,22-24H2/b27-21+/t28-,31-,32-,33+/m1/s1. The van der Waals surface area contributed by atoms with Gasteiger partial charge in [-0.15, -0.1) is 0 Å². The number of amides is 1. The molecule has 39 heavy (non-hydrogen) atoms. The van der Waals surface area contributed by atoms with E-state index in [0.717, 1.165) is 49.0 Å². The summed E-state index contributed by atoms with van der Waals surface area (Å²) < 4.78 is 8.21. The van der Waals surface area contributed by atoms with Crippen LogP contribution in [-0.2, 0) is 17.9 Å². The van der Waals surface area contributed by atoms with Crippen molar-refractivity contribution in [1.82, 2.24) is 14.4 Å². The van der Waals surface area contributed by atoms with Crippen LogP contribution in [0.1, 0.15) is 55.3 Å². The summed E-state index contributed by atoms with van der Waals surface area (Å²) in [5.41, 5.74) is 4.48. The fourth-order valence-electron chi connectivity index (χ4n) is 7.84. The van der Waals surface area contributed by atoms with E-state index < -0.39 is 0 Å². The molecule has 0 N–H and O–H groups in total. The zero-order chi connectivity index (χ0) is 26.2. The third kappa shape index (κ3) is 4.93. The highest BCUT2D eigenvalue weighted by molar-refractivity contribution is 5.98. The van der Waals surface area contributed by atoms with Gasteiger partial charge in [0.05, 0.1) is 0 Å². The van der Waals surface area contributed by atoms with Crippen LogP contribution in [0.25, 0.3) is 6.08 Å². The molecule has 0 aliphatic carbocycles. The first kappa shape index (κ1) is 24.7. The summed E-state index contributed by atoms with van der Waals surface area (Å²) in [6, 6.07) is 24.0. The summed E-state index contributed by atoms with van der Waals surface area (Å²) in [5, 5.41) is 0. The molecule has 4 aliphatic rings. The molecule has 4 aliphatic heterocycles. The lowest BCUT2D eigenvalue weighted by Gasteiger charge is -2.58. The minimum Gasteiger partial charge on any atom is -0.489 e. The van der Waals surface area contributed by atoms with E-state index in [-0.39, 0.29) is 0 Å². The van der Waals surface area contributed by atoms with Crippen molar-refractivity contribution in [3.8, 4) is 5.75 Å². The van der Waals surface area contributed by atoms with Crippen LogP contribution in [0, 0.1) is 11.8 Å². The van der Waals surface area contributed by atoms with Crippen LogP contribution < -0.4 is 4.74 Å². The molecule has 1 amide bonds. The van der Waals surface area contributed by atoms with Crippen LogP contribution >= 0.6 is 0 Å². The highest BCUT2D eigenvalue weighted by Crippen LogP contribution is 2.45. The van der Waals surface area contributed by atoms with Gasteiger partial charge in [0.25, 0.3) is 0 Å². The van der Waals surface area contributed by atoms with Crippen molar-refractivity contribution in [3.05, 3.63) is 95.3 Å². The molecule has 4 saturated heterocycles. The number of carbonyl (C=O) groups is 1. The monoisotopic (exact) mass is 521 g/mol. The van der Waals surface area contributed by atoms with Crippen molar-refractivity contribution in [3.63, 3.8) is 0 Å². The summed E-state index contributed by atoms with van der Waals surface area (Å²) in [7, 11) is 0. The summed E-state index contributed by atoms with van der Waals surface area (Å²) in [6.45, 7) is 4.83. The van der Waals surface area contributed by atoms with E-state index in [9.17, 15) is 4.79 Å². The van der Waals surface area contributed by atoms with Gasteiger partial charge >= 0.3 is 0 Å². The smallest absolute Gasteiger partial charge is 0.250 e. The highest BCUT2D eigenvalue weighted by Gasteiger charge is 2.51. The van der Waals surface area contributed by atoms with Crippen LogP contribution in [0.3, 0.4) is 0 Å². The quantitative estimate of drug-likeness (QED) is 0.374. The first-order valence-electron chi connectivity index (χ1n) is 14.9. The van der Waals surface area contributed by atoms with Crippen molar-refractivity contribution in [2.75, 3.05) is 19.6 Å². The summed E-state index contributed by atoms with van der Waals surface area (Å²) >= 11 is 0. The Hall–Kier alpha value is -3.31. The maximum Gasteiger partial charge on any atom is 0.250 e. The number of carbonyl (C=O) groups excluding carboxylic acids is 1. The number of aromatic nitrogens is 1. The molecule has 2 aromatic carbocycles. The third-order valence-electron chi connectivity index (χ3n) is 9.63. The van der Waals surface area contributed by atoms with E-state index in [4.69, 9.17) is 4.74 Å². The van der Waals surface area contributed by atoms with Gasteiger partial charge in [-0.2, -0.15) is 0 Å². The Balaban J connectivity index is 1.03. The maximum absolute atomic E-state index is 13.8. The molecule has 5 heterocycles. The van der Waals surface area contributed by atoms with Gasteiger partial charge in [-0.25, -0.2) is 0 Å². The Morgan fingerprint density at radius 3 is 2.54 bits per heavy atom. The van der Waals surface area contributed by atoms with Crippen LogP contribution in [0.15, 0.2) is 78.5 Å². The zero-order valence-electron chi connectivity index (χ0n) is 22.8. The van der Waals surface area contributed by atoms with E-state index >= 15 is 0 Å². The van der Waals surface area contributed by atoms with Gasteiger partial charge in [0, 0.05) is 42.6 Å². The lowest BCUT2D eigenvalue weighted by atomic mass is 9.67. The van der Waals surface area contributed by atoms with Gasteiger partial charge in [-0.05, 0) is 105 Å². The summed E-state index contributed by atoms with van der Waals surface area (Å²) in [5.74, 6) is 2.50. The molecule has 0 radical (unpaired) electrons. The molecule has 4 fully saturated rings. The topological polar surface area (TPSA) is 37.7 Å². The van der Waals surface area contributed by atoms with Crippen LogP contribution in [-0.4, -0.2) is 52.0 Å². The summed E-state index contributed by atoms with van der Waals surface area (Å²) in [6.07, 6.45) is 11.5. The van der Waals surface area contributed by atoms with Gasteiger partial charge in [-0.3, -0.25) is 9.69 Å². The molecule has 0 spiro atoms. The van der Waals surface area contributed by atoms with Crippen molar-refractivity contribution in [2.24, 2.45) is 11.8 Å². The molecule has 3 aromatic rings. The lowest BCUT2D eigenvalue weighted by molar-refractivity contribution is -0.145. The minimum atomic E-state index is 0.292. The van der Waals surface area contributed by atoms with Crippen molar-refractivity contribution < 1.29 is 9.53 Å². The predicted octanol–water partition coefficient (Wildman–Crippen LogP) is 5.99. The first-order valence-corrected chi connectivity index (χ1v) is 14.9. The number of rotatable bonds is 6. The first-order chi connectivity index (χ1) is 19.2. The Morgan fingerprint density at radius 2 is 1.69 bits per heavy atom. The second-order valence-corrected chi connectivity index (χ2v) is 11.9. The molecule has 0 unspecified atom stereocenters. The van der Waals surface area contributed by atoms with Gasteiger partial charge in [0.15, 0.2) is 0 Å². The average molecular weight is 522 g/mol. The normalized spacial score (nSPS) is 27.7. The van der Waals surface area contributed by atoms with Crippen LogP contribution in [0.4, 0.5) is 0 Å². The molecule has 0 saturated carbocycles. The zero-order valence-corrected chi connectivity index (χ0v) is 22.8. The number of nitrogens with zero attached hydrogens (tertiary/aromatic N) is 3. The minimum absolute atomic E-state index is 0.292. The molecule has 5 heteroatoms. The van der Waals surface area contributed by atoms with E-state index in [1.807, 2.05) is 30.3 Å².